The number of aromatic nitrogens is 1. The van der Waals surface area contributed by atoms with Crippen LogP contribution < -0.4 is 4.74 Å². The second-order valence-corrected chi connectivity index (χ2v) is 6.17. The molecule has 3 aromatic rings. The SMILES string of the molecule is Cc1noc(C)c1CCC(=O)Oc1ccc2ccccc2c1Br. The summed E-state index contributed by atoms with van der Waals surface area (Å²) in [6, 6.07) is 11.7. The van der Waals surface area contributed by atoms with Crippen molar-refractivity contribution in [3.8, 4) is 5.75 Å². The van der Waals surface area contributed by atoms with Crippen LogP contribution in [0.15, 0.2) is 45.4 Å². The van der Waals surface area contributed by atoms with Crippen LogP contribution in [0.25, 0.3) is 10.8 Å². The first-order chi connectivity index (χ1) is 11.1. The maximum atomic E-state index is 12.1. The molecule has 1 heterocycles. The van der Waals surface area contributed by atoms with Gasteiger partial charge in [-0.05, 0) is 53.0 Å². The normalized spacial score (nSPS) is 10.9. The molecule has 0 atom stereocenters. The van der Waals surface area contributed by atoms with E-state index in [1.165, 1.54) is 0 Å². The molecule has 0 fully saturated rings. The molecular formula is C18H16BrNO3. The smallest absolute Gasteiger partial charge is 0.311 e. The third-order valence-corrected chi connectivity index (χ3v) is 4.63. The molecule has 4 nitrogen and oxygen atoms in total. The van der Waals surface area contributed by atoms with Crippen molar-refractivity contribution in [2.24, 2.45) is 0 Å². The number of benzene rings is 2. The minimum atomic E-state index is -0.277. The zero-order valence-corrected chi connectivity index (χ0v) is 14.5. The van der Waals surface area contributed by atoms with Crippen molar-refractivity contribution in [2.75, 3.05) is 0 Å². The molecule has 0 aliphatic heterocycles. The van der Waals surface area contributed by atoms with Gasteiger partial charge in [0, 0.05) is 5.56 Å². The van der Waals surface area contributed by atoms with E-state index in [2.05, 4.69) is 21.1 Å². The number of nitrogens with zero attached hydrogens (tertiary/aromatic N) is 1. The highest BCUT2D eigenvalue weighted by Crippen LogP contribution is 2.33. The Balaban J connectivity index is 1.72. The Morgan fingerprint density at radius 2 is 2.00 bits per heavy atom. The summed E-state index contributed by atoms with van der Waals surface area (Å²) in [7, 11) is 0. The van der Waals surface area contributed by atoms with Gasteiger partial charge in [-0.3, -0.25) is 4.79 Å². The first kappa shape index (κ1) is 15.7. The lowest BCUT2D eigenvalue weighted by Gasteiger charge is -2.09. The number of carbonyl (C=O) groups excluding carboxylic acids is 1. The predicted molar refractivity (Wildman–Crippen MR) is 91.6 cm³/mol. The minimum Gasteiger partial charge on any atom is -0.425 e. The van der Waals surface area contributed by atoms with Crippen LogP contribution in [-0.2, 0) is 11.2 Å². The molecule has 0 aliphatic rings. The number of fused-ring (bicyclic) bond motifs is 1. The van der Waals surface area contributed by atoms with Gasteiger partial charge in [-0.2, -0.15) is 0 Å². The summed E-state index contributed by atoms with van der Waals surface area (Å²) < 4.78 is 11.4. The Hall–Kier alpha value is -2.14. The number of aryl methyl sites for hydroxylation is 2. The summed E-state index contributed by atoms with van der Waals surface area (Å²) in [6.45, 7) is 3.72. The third kappa shape index (κ3) is 3.29. The fourth-order valence-electron chi connectivity index (χ4n) is 2.55. The number of esters is 1. The van der Waals surface area contributed by atoms with Gasteiger partial charge in [0.2, 0.25) is 0 Å². The Bertz CT molecular complexity index is 850. The Morgan fingerprint density at radius 1 is 1.22 bits per heavy atom. The van der Waals surface area contributed by atoms with E-state index in [1.54, 1.807) is 6.07 Å². The molecule has 0 amide bonds. The molecule has 0 N–H and O–H groups in total. The number of hydrogen-bond donors (Lipinski definition) is 0. The Morgan fingerprint density at radius 3 is 2.74 bits per heavy atom. The van der Waals surface area contributed by atoms with Crippen molar-refractivity contribution in [2.45, 2.75) is 26.7 Å². The fourth-order valence-corrected chi connectivity index (χ4v) is 3.13. The van der Waals surface area contributed by atoms with E-state index < -0.39 is 0 Å². The molecule has 0 spiro atoms. The number of rotatable bonds is 4. The van der Waals surface area contributed by atoms with Gasteiger partial charge in [0.15, 0.2) is 0 Å². The van der Waals surface area contributed by atoms with E-state index in [1.807, 2.05) is 44.2 Å². The van der Waals surface area contributed by atoms with E-state index in [0.29, 0.717) is 12.2 Å². The summed E-state index contributed by atoms with van der Waals surface area (Å²) >= 11 is 3.52. The fraction of sp³-hybridized carbons (Fsp3) is 0.222. The van der Waals surface area contributed by atoms with E-state index in [4.69, 9.17) is 9.26 Å². The van der Waals surface area contributed by atoms with E-state index >= 15 is 0 Å². The van der Waals surface area contributed by atoms with Gasteiger partial charge in [0.05, 0.1) is 16.6 Å². The molecule has 1 aromatic heterocycles. The molecule has 0 radical (unpaired) electrons. The molecule has 3 rings (SSSR count). The average Bonchev–Trinajstić information content (AvgIpc) is 2.87. The molecule has 0 unspecified atom stereocenters. The number of halogens is 1. The number of ether oxygens (including phenoxy) is 1. The van der Waals surface area contributed by atoms with Crippen molar-refractivity contribution in [1.82, 2.24) is 5.16 Å². The number of hydrogen-bond acceptors (Lipinski definition) is 4. The number of carbonyl (C=O) groups is 1. The van der Waals surface area contributed by atoms with Crippen molar-refractivity contribution >= 4 is 32.7 Å². The first-order valence-electron chi connectivity index (χ1n) is 7.36. The van der Waals surface area contributed by atoms with E-state index in [0.717, 1.165) is 32.3 Å². The highest BCUT2D eigenvalue weighted by atomic mass is 79.9. The summed E-state index contributed by atoms with van der Waals surface area (Å²) in [5.41, 5.74) is 1.79. The second kappa shape index (κ2) is 6.54. The topological polar surface area (TPSA) is 52.3 Å². The maximum Gasteiger partial charge on any atom is 0.311 e. The van der Waals surface area contributed by atoms with Crippen LogP contribution in [0.4, 0.5) is 0 Å². The van der Waals surface area contributed by atoms with Gasteiger partial charge in [-0.1, -0.05) is 35.5 Å². The van der Waals surface area contributed by atoms with E-state index in [-0.39, 0.29) is 12.4 Å². The van der Waals surface area contributed by atoms with Gasteiger partial charge in [-0.15, -0.1) is 0 Å². The van der Waals surface area contributed by atoms with Crippen LogP contribution in [0.2, 0.25) is 0 Å². The summed E-state index contributed by atoms with van der Waals surface area (Å²) in [5, 5.41) is 6.00. The van der Waals surface area contributed by atoms with Crippen LogP contribution in [0.1, 0.15) is 23.4 Å². The lowest BCUT2D eigenvalue weighted by molar-refractivity contribution is -0.134. The van der Waals surface area contributed by atoms with Gasteiger partial charge in [-0.25, -0.2) is 0 Å². The summed E-state index contributed by atoms with van der Waals surface area (Å²) in [4.78, 5) is 12.1. The molecule has 23 heavy (non-hydrogen) atoms. The van der Waals surface area contributed by atoms with Crippen LogP contribution in [-0.4, -0.2) is 11.1 Å². The zero-order valence-electron chi connectivity index (χ0n) is 12.9. The molecule has 118 valence electrons. The van der Waals surface area contributed by atoms with Crippen LogP contribution in [0.5, 0.6) is 5.75 Å². The van der Waals surface area contributed by atoms with Crippen molar-refractivity contribution < 1.29 is 14.1 Å². The molecule has 5 heteroatoms. The van der Waals surface area contributed by atoms with Gasteiger partial charge < -0.3 is 9.26 Å². The molecular weight excluding hydrogens is 358 g/mol. The molecule has 2 aromatic carbocycles. The van der Waals surface area contributed by atoms with Gasteiger partial charge in [0.25, 0.3) is 0 Å². The monoisotopic (exact) mass is 373 g/mol. The van der Waals surface area contributed by atoms with Crippen molar-refractivity contribution in [3.63, 3.8) is 0 Å². The molecule has 0 saturated heterocycles. The van der Waals surface area contributed by atoms with Gasteiger partial charge >= 0.3 is 5.97 Å². The highest BCUT2D eigenvalue weighted by molar-refractivity contribution is 9.10. The van der Waals surface area contributed by atoms with Gasteiger partial charge in [0.1, 0.15) is 11.5 Å². The standard InChI is InChI=1S/C18H16BrNO3/c1-11-14(12(2)23-20-11)8-10-17(21)22-16-9-7-13-5-3-4-6-15(13)18(16)19/h3-7,9H,8,10H2,1-2H3. The predicted octanol–water partition coefficient (Wildman–Crippen LogP) is 4.75. The summed E-state index contributed by atoms with van der Waals surface area (Å²) in [6.07, 6.45) is 0.841. The molecule has 0 bridgehead atoms. The Labute approximate surface area is 142 Å². The van der Waals surface area contributed by atoms with Crippen LogP contribution in [0, 0.1) is 13.8 Å². The van der Waals surface area contributed by atoms with Crippen molar-refractivity contribution in [3.05, 3.63) is 57.9 Å². The lowest BCUT2D eigenvalue weighted by atomic mass is 10.1. The lowest BCUT2D eigenvalue weighted by Crippen LogP contribution is -2.10. The molecule has 0 saturated carbocycles. The zero-order chi connectivity index (χ0) is 16.4. The largest absolute Gasteiger partial charge is 0.425 e. The van der Waals surface area contributed by atoms with Crippen LogP contribution in [0.3, 0.4) is 0 Å². The quantitative estimate of drug-likeness (QED) is 0.489. The van der Waals surface area contributed by atoms with E-state index in [9.17, 15) is 4.79 Å². The van der Waals surface area contributed by atoms with Crippen molar-refractivity contribution in [1.29, 1.82) is 0 Å². The summed E-state index contributed by atoms with van der Waals surface area (Å²) in [5.74, 6) is 1.01. The van der Waals surface area contributed by atoms with Crippen LogP contribution >= 0.6 is 15.9 Å². The highest BCUT2D eigenvalue weighted by Gasteiger charge is 2.14. The third-order valence-electron chi connectivity index (χ3n) is 3.81. The maximum absolute atomic E-state index is 12.1. The second-order valence-electron chi connectivity index (χ2n) is 5.38. The Kier molecular flexibility index (Phi) is 4.48. The average molecular weight is 374 g/mol. The minimum absolute atomic E-state index is 0.277. The molecule has 0 aliphatic carbocycles. The first-order valence-corrected chi connectivity index (χ1v) is 8.15.